The zero-order valence-electron chi connectivity index (χ0n) is 9.16. The van der Waals surface area contributed by atoms with E-state index >= 15 is 0 Å². The van der Waals surface area contributed by atoms with E-state index in [2.05, 4.69) is 24.9 Å². The lowest BCUT2D eigenvalue weighted by Gasteiger charge is -1.95. The Morgan fingerprint density at radius 1 is 1.40 bits per heavy atom. The SMILES string of the molecule is CC(C)c1nc2cc(CCN)ccc2o1. The van der Waals surface area contributed by atoms with Crippen molar-refractivity contribution in [2.75, 3.05) is 6.54 Å². The molecule has 1 aromatic carbocycles. The quantitative estimate of drug-likeness (QED) is 0.835. The van der Waals surface area contributed by atoms with Gasteiger partial charge in [-0.3, -0.25) is 0 Å². The Hall–Kier alpha value is -1.35. The summed E-state index contributed by atoms with van der Waals surface area (Å²) in [5.74, 6) is 1.13. The highest BCUT2D eigenvalue weighted by molar-refractivity contribution is 5.73. The number of hydrogen-bond donors (Lipinski definition) is 1. The molecule has 3 heteroatoms. The molecule has 1 aromatic heterocycles. The molecule has 2 rings (SSSR count). The monoisotopic (exact) mass is 204 g/mol. The lowest BCUT2D eigenvalue weighted by atomic mass is 10.1. The van der Waals surface area contributed by atoms with Crippen molar-refractivity contribution in [3.8, 4) is 0 Å². The molecule has 0 amide bonds. The number of rotatable bonds is 3. The van der Waals surface area contributed by atoms with Crippen LogP contribution in [0.5, 0.6) is 0 Å². The molecule has 2 aromatic rings. The predicted octanol–water partition coefficient (Wildman–Crippen LogP) is 2.45. The molecule has 0 saturated carbocycles. The van der Waals surface area contributed by atoms with E-state index in [0.717, 1.165) is 23.4 Å². The first-order chi connectivity index (χ1) is 7.20. The molecule has 0 atom stereocenters. The van der Waals surface area contributed by atoms with Gasteiger partial charge in [-0.15, -0.1) is 0 Å². The number of nitrogens with two attached hydrogens (primary N) is 1. The number of benzene rings is 1. The summed E-state index contributed by atoms with van der Waals surface area (Å²) in [6, 6.07) is 6.07. The first-order valence-corrected chi connectivity index (χ1v) is 5.30. The summed E-state index contributed by atoms with van der Waals surface area (Å²) in [6.45, 7) is 4.82. The van der Waals surface area contributed by atoms with Crippen molar-refractivity contribution in [1.29, 1.82) is 0 Å². The van der Waals surface area contributed by atoms with Gasteiger partial charge in [0.15, 0.2) is 11.5 Å². The van der Waals surface area contributed by atoms with Gasteiger partial charge in [-0.1, -0.05) is 19.9 Å². The highest BCUT2D eigenvalue weighted by Crippen LogP contribution is 2.21. The Kier molecular flexibility index (Phi) is 2.73. The van der Waals surface area contributed by atoms with Crippen LogP contribution in [-0.4, -0.2) is 11.5 Å². The van der Waals surface area contributed by atoms with Crippen LogP contribution in [0.2, 0.25) is 0 Å². The fourth-order valence-corrected chi connectivity index (χ4v) is 1.56. The maximum Gasteiger partial charge on any atom is 0.198 e. The highest BCUT2D eigenvalue weighted by atomic mass is 16.3. The lowest BCUT2D eigenvalue weighted by Crippen LogP contribution is -2.02. The van der Waals surface area contributed by atoms with E-state index in [9.17, 15) is 0 Å². The third-order valence-electron chi connectivity index (χ3n) is 2.40. The summed E-state index contributed by atoms with van der Waals surface area (Å²) in [5, 5.41) is 0. The van der Waals surface area contributed by atoms with Crippen LogP contribution in [0, 0.1) is 0 Å². The molecule has 15 heavy (non-hydrogen) atoms. The van der Waals surface area contributed by atoms with Gasteiger partial charge in [0.05, 0.1) is 0 Å². The van der Waals surface area contributed by atoms with Crippen LogP contribution in [0.1, 0.15) is 31.2 Å². The molecule has 80 valence electrons. The van der Waals surface area contributed by atoms with E-state index in [0.29, 0.717) is 12.5 Å². The number of fused-ring (bicyclic) bond motifs is 1. The Morgan fingerprint density at radius 2 is 2.20 bits per heavy atom. The predicted molar refractivity (Wildman–Crippen MR) is 60.9 cm³/mol. The standard InChI is InChI=1S/C12H16N2O/c1-8(2)12-14-10-7-9(5-6-13)3-4-11(10)15-12/h3-4,7-8H,5-6,13H2,1-2H3. The Bertz CT molecular complexity index is 460. The minimum Gasteiger partial charge on any atom is -0.440 e. The van der Waals surface area contributed by atoms with Gasteiger partial charge < -0.3 is 10.2 Å². The molecule has 0 unspecified atom stereocenters. The van der Waals surface area contributed by atoms with E-state index < -0.39 is 0 Å². The highest BCUT2D eigenvalue weighted by Gasteiger charge is 2.09. The molecule has 1 heterocycles. The zero-order chi connectivity index (χ0) is 10.8. The molecule has 2 N–H and O–H groups in total. The molecule has 0 spiro atoms. The summed E-state index contributed by atoms with van der Waals surface area (Å²) in [4.78, 5) is 4.45. The molecule has 0 aliphatic rings. The summed E-state index contributed by atoms with van der Waals surface area (Å²) in [6.07, 6.45) is 0.889. The molecular formula is C12H16N2O. The third kappa shape index (κ3) is 2.02. The minimum atomic E-state index is 0.329. The molecule has 0 saturated heterocycles. The van der Waals surface area contributed by atoms with Crippen molar-refractivity contribution in [3.05, 3.63) is 29.7 Å². The van der Waals surface area contributed by atoms with Crippen molar-refractivity contribution >= 4 is 11.1 Å². The molecule has 0 fully saturated rings. The first-order valence-electron chi connectivity index (χ1n) is 5.30. The van der Waals surface area contributed by atoms with Gasteiger partial charge in [-0.2, -0.15) is 0 Å². The Labute approximate surface area is 89.3 Å². The number of nitrogens with zero attached hydrogens (tertiary/aromatic N) is 1. The average Bonchev–Trinajstić information content (AvgIpc) is 2.61. The molecule has 0 aliphatic carbocycles. The normalized spacial score (nSPS) is 11.5. The summed E-state index contributed by atoms with van der Waals surface area (Å²) in [5.41, 5.74) is 8.53. The summed E-state index contributed by atoms with van der Waals surface area (Å²) >= 11 is 0. The second kappa shape index (κ2) is 4.03. The van der Waals surface area contributed by atoms with Crippen LogP contribution in [0.25, 0.3) is 11.1 Å². The van der Waals surface area contributed by atoms with Gasteiger partial charge >= 0.3 is 0 Å². The molecule has 3 nitrogen and oxygen atoms in total. The van der Waals surface area contributed by atoms with Crippen LogP contribution < -0.4 is 5.73 Å². The number of oxazole rings is 1. The van der Waals surface area contributed by atoms with Gasteiger partial charge in [-0.25, -0.2) is 4.98 Å². The molecule has 0 aliphatic heterocycles. The lowest BCUT2D eigenvalue weighted by molar-refractivity contribution is 0.501. The summed E-state index contributed by atoms with van der Waals surface area (Å²) < 4.78 is 5.62. The first kappa shape index (κ1) is 10.2. The number of aromatic nitrogens is 1. The van der Waals surface area contributed by atoms with E-state index in [-0.39, 0.29) is 0 Å². The zero-order valence-corrected chi connectivity index (χ0v) is 9.16. The Balaban J connectivity index is 2.43. The van der Waals surface area contributed by atoms with Crippen LogP contribution in [0.4, 0.5) is 0 Å². The van der Waals surface area contributed by atoms with Gasteiger partial charge in [0.1, 0.15) is 5.52 Å². The van der Waals surface area contributed by atoms with E-state index in [1.807, 2.05) is 12.1 Å². The van der Waals surface area contributed by atoms with Crippen LogP contribution in [0.3, 0.4) is 0 Å². The fourth-order valence-electron chi connectivity index (χ4n) is 1.56. The number of hydrogen-bond acceptors (Lipinski definition) is 3. The van der Waals surface area contributed by atoms with E-state index in [1.54, 1.807) is 0 Å². The van der Waals surface area contributed by atoms with Crippen LogP contribution >= 0.6 is 0 Å². The van der Waals surface area contributed by atoms with Gasteiger partial charge in [0.2, 0.25) is 0 Å². The Morgan fingerprint density at radius 3 is 2.87 bits per heavy atom. The minimum absolute atomic E-state index is 0.329. The maximum atomic E-state index is 5.62. The van der Waals surface area contributed by atoms with Crippen LogP contribution in [0.15, 0.2) is 22.6 Å². The van der Waals surface area contributed by atoms with Crippen molar-refractivity contribution in [3.63, 3.8) is 0 Å². The van der Waals surface area contributed by atoms with E-state index in [4.69, 9.17) is 10.2 Å². The fraction of sp³-hybridized carbons (Fsp3) is 0.417. The smallest absolute Gasteiger partial charge is 0.198 e. The van der Waals surface area contributed by atoms with Crippen molar-refractivity contribution in [2.24, 2.45) is 5.73 Å². The van der Waals surface area contributed by atoms with Crippen molar-refractivity contribution < 1.29 is 4.42 Å². The van der Waals surface area contributed by atoms with Gasteiger partial charge in [0, 0.05) is 5.92 Å². The maximum absolute atomic E-state index is 5.62. The van der Waals surface area contributed by atoms with Gasteiger partial charge in [-0.05, 0) is 30.7 Å². The average molecular weight is 204 g/mol. The molecule has 0 bridgehead atoms. The van der Waals surface area contributed by atoms with E-state index in [1.165, 1.54) is 5.56 Å². The largest absolute Gasteiger partial charge is 0.440 e. The molecule has 0 radical (unpaired) electrons. The second-order valence-electron chi connectivity index (χ2n) is 4.05. The summed E-state index contributed by atoms with van der Waals surface area (Å²) in [7, 11) is 0. The second-order valence-corrected chi connectivity index (χ2v) is 4.05. The van der Waals surface area contributed by atoms with Crippen molar-refractivity contribution in [1.82, 2.24) is 4.98 Å². The van der Waals surface area contributed by atoms with Gasteiger partial charge in [0.25, 0.3) is 0 Å². The van der Waals surface area contributed by atoms with Crippen molar-refractivity contribution in [2.45, 2.75) is 26.2 Å². The topological polar surface area (TPSA) is 52.0 Å². The third-order valence-corrected chi connectivity index (χ3v) is 2.40. The molecular weight excluding hydrogens is 188 g/mol. The van der Waals surface area contributed by atoms with Crippen LogP contribution in [-0.2, 0) is 6.42 Å².